The topological polar surface area (TPSA) is 75.4 Å². The molecule has 1 heterocycles. The number of amides is 1. The second kappa shape index (κ2) is 9.09. The number of H-pyrrole nitrogens is 1. The third-order valence-corrected chi connectivity index (χ3v) is 4.45. The first-order valence-electron chi connectivity index (χ1n) is 8.94. The lowest BCUT2D eigenvalue weighted by molar-refractivity contribution is -0.120. The molecule has 142 valence electrons. The molecule has 0 bridgehead atoms. The zero-order valence-electron chi connectivity index (χ0n) is 15.7. The van der Waals surface area contributed by atoms with E-state index in [-0.39, 0.29) is 12.5 Å². The van der Waals surface area contributed by atoms with Crippen molar-refractivity contribution in [3.63, 3.8) is 0 Å². The molecule has 0 saturated carbocycles. The van der Waals surface area contributed by atoms with Crippen LogP contribution in [0.15, 0.2) is 48.7 Å². The van der Waals surface area contributed by atoms with Gasteiger partial charge in [0.2, 0.25) is 5.91 Å². The summed E-state index contributed by atoms with van der Waals surface area (Å²) >= 11 is 0. The number of nitrogens with one attached hydrogen (secondary N) is 3. The summed E-state index contributed by atoms with van der Waals surface area (Å²) in [5.41, 5.74) is 3.36. The Hall–Kier alpha value is -2.99. The highest BCUT2D eigenvalue weighted by Crippen LogP contribution is 2.27. The van der Waals surface area contributed by atoms with Gasteiger partial charge >= 0.3 is 0 Å². The van der Waals surface area contributed by atoms with Gasteiger partial charge in [-0.05, 0) is 35.7 Å². The van der Waals surface area contributed by atoms with Crippen molar-refractivity contribution in [2.24, 2.45) is 0 Å². The number of ether oxygens (including phenoxy) is 2. The van der Waals surface area contributed by atoms with E-state index in [2.05, 4.69) is 27.8 Å². The number of methoxy groups -OCH3 is 2. The van der Waals surface area contributed by atoms with E-state index in [0.29, 0.717) is 24.6 Å². The summed E-state index contributed by atoms with van der Waals surface area (Å²) in [6, 6.07) is 13.9. The summed E-state index contributed by atoms with van der Waals surface area (Å²) in [7, 11) is 3.21. The lowest BCUT2D eigenvalue weighted by atomic mass is 10.1. The molecule has 0 aliphatic heterocycles. The zero-order valence-corrected chi connectivity index (χ0v) is 15.7. The highest BCUT2D eigenvalue weighted by Gasteiger charge is 2.06. The molecule has 1 amide bonds. The molecule has 0 unspecified atom stereocenters. The second-order valence-corrected chi connectivity index (χ2v) is 6.25. The van der Waals surface area contributed by atoms with E-state index in [1.807, 2.05) is 36.5 Å². The molecule has 6 nitrogen and oxygen atoms in total. The van der Waals surface area contributed by atoms with Gasteiger partial charge in [0.1, 0.15) is 0 Å². The maximum Gasteiger partial charge on any atom is 0.233 e. The number of benzene rings is 2. The van der Waals surface area contributed by atoms with Gasteiger partial charge in [-0.15, -0.1) is 0 Å². The molecule has 3 aromatic rings. The van der Waals surface area contributed by atoms with Crippen LogP contribution in [-0.4, -0.2) is 38.2 Å². The van der Waals surface area contributed by atoms with Crippen molar-refractivity contribution in [3.8, 4) is 11.5 Å². The molecule has 6 heteroatoms. The number of hydrogen-bond acceptors (Lipinski definition) is 4. The van der Waals surface area contributed by atoms with Crippen molar-refractivity contribution in [3.05, 3.63) is 59.8 Å². The number of aromatic nitrogens is 1. The molecular formula is C21H25N3O3. The summed E-state index contributed by atoms with van der Waals surface area (Å²) < 4.78 is 10.5. The minimum atomic E-state index is -0.0182. The average molecular weight is 367 g/mol. The van der Waals surface area contributed by atoms with Crippen molar-refractivity contribution < 1.29 is 14.3 Å². The van der Waals surface area contributed by atoms with Gasteiger partial charge in [0.15, 0.2) is 11.5 Å². The van der Waals surface area contributed by atoms with Gasteiger partial charge in [-0.1, -0.05) is 24.3 Å². The fourth-order valence-corrected chi connectivity index (χ4v) is 3.05. The van der Waals surface area contributed by atoms with Gasteiger partial charge in [-0.3, -0.25) is 4.79 Å². The molecule has 0 saturated heterocycles. The Bertz CT molecular complexity index is 905. The van der Waals surface area contributed by atoms with E-state index in [0.717, 1.165) is 17.5 Å². The second-order valence-electron chi connectivity index (χ2n) is 6.25. The van der Waals surface area contributed by atoms with Crippen LogP contribution in [-0.2, 0) is 17.8 Å². The summed E-state index contributed by atoms with van der Waals surface area (Å²) in [5.74, 6) is 1.35. The molecule has 0 fully saturated rings. The lowest BCUT2D eigenvalue weighted by Crippen LogP contribution is -2.34. The van der Waals surface area contributed by atoms with Crippen molar-refractivity contribution in [1.29, 1.82) is 0 Å². The van der Waals surface area contributed by atoms with Gasteiger partial charge < -0.3 is 25.1 Å². The number of fused-ring (bicyclic) bond motifs is 1. The first-order valence-corrected chi connectivity index (χ1v) is 8.94. The summed E-state index contributed by atoms with van der Waals surface area (Å²) in [5, 5.41) is 7.31. The number of carbonyl (C=O) groups is 1. The van der Waals surface area contributed by atoms with Gasteiger partial charge in [0, 0.05) is 30.2 Å². The van der Waals surface area contributed by atoms with E-state index in [1.54, 1.807) is 14.2 Å². The number of carbonyl (C=O) groups excluding carboxylic acids is 1. The zero-order chi connectivity index (χ0) is 19.1. The molecule has 0 atom stereocenters. The molecule has 3 rings (SSSR count). The summed E-state index contributed by atoms with van der Waals surface area (Å²) in [6.07, 6.45) is 2.80. The molecule has 1 aromatic heterocycles. The molecule has 0 aliphatic rings. The van der Waals surface area contributed by atoms with Crippen molar-refractivity contribution in [1.82, 2.24) is 15.6 Å². The van der Waals surface area contributed by atoms with E-state index in [9.17, 15) is 4.79 Å². The summed E-state index contributed by atoms with van der Waals surface area (Å²) in [6.45, 7) is 1.46. The Morgan fingerprint density at radius 3 is 2.70 bits per heavy atom. The SMILES string of the molecule is COc1ccc(CNCC(=O)NCCc2c[nH]c3ccccc23)cc1OC. The van der Waals surface area contributed by atoms with E-state index in [1.165, 1.54) is 10.9 Å². The molecule has 27 heavy (non-hydrogen) atoms. The minimum absolute atomic E-state index is 0.0182. The van der Waals surface area contributed by atoms with Crippen LogP contribution in [0.1, 0.15) is 11.1 Å². The number of para-hydroxylation sites is 1. The van der Waals surface area contributed by atoms with Gasteiger partial charge in [0.25, 0.3) is 0 Å². The van der Waals surface area contributed by atoms with Crippen molar-refractivity contribution >= 4 is 16.8 Å². The predicted octanol–water partition coefficient (Wildman–Crippen LogP) is 2.63. The fourth-order valence-electron chi connectivity index (χ4n) is 3.05. The molecule has 0 spiro atoms. The molecule has 3 N–H and O–H groups in total. The van der Waals surface area contributed by atoms with Crippen LogP contribution in [0.25, 0.3) is 10.9 Å². The van der Waals surface area contributed by atoms with E-state index < -0.39 is 0 Å². The quantitative estimate of drug-likeness (QED) is 0.543. The Labute approximate surface area is 158 Å². The Morgan fingerprint density at radius 2 is 1.89 bits per heavy atom. The molecule has 2 aromatic carbocycles. The number of hydrogen-bond donors (Lipinski definition) is 3. The first-order chi connectivity index (χ1) is 13.2. The Morgan fingerprint density at radius 1 is 1.07 bits per heavy atom. The predicted molar refractivity (Wildman–Crippen MR) is 106 cm³/mol. The van der Waals surface area contributed by atoms with Crippen LogP contribution >= 0.6 is 0 Å². The first kappa shape index (κ1) is 18.8. The fraction of sp³-hybridized carbons (Fsp3) is 0.286. The maximum absolute atomic E-state index is 12.0. The third-order valence-electron chi connectivity index (χ3n) is 4.45. The maximum atomic E-state index is 12.0. The monoisotopic (exact) mass is 367 g/mol. The highest BCUT2D eigenvalue weighted by molar-refractivity contribution is 5.83. The van der Waals surface area contributed by atoms with Crippen LogP contribution in [0.4, 0.5) is 0 Å². The minimum Gasteiger partial charge on any atom is -0.493 e. The van der Waals surface area contributed by atoms with Gasteiger partial charge in [0.05, 0.1) is 20.8 Å². The van der Waals surface area contributed by atoms with Crippen molar-refractivity contribution in [2.75, 3.05) is 27.3 Å². The molecule has 0 aliphatic carbocycles. The highest BCUT2D eigenvalue weighted by atomic mass is 16.5. The smallest absolute Gasteiger partial charge is 0.233 e. The van der Waals surface area contributed by atoms with Crippen LogP contribution in [0.2, 0.25) is 0 Å². The van der Waals surface area contributed by atoms with Gasteiger partial charge in [-0.2, -0.15) is 0 Å². The normalized spacial score (nSPS) is 10.7. The molecular weight excluding hydrogens is 342 g/mol. The van der Waals surface area contributed by atoms with Crippen LogP contribution in [0.3, 0.4) is 0 Å². The van der Waals surface area contributed by atoms with E-state index >= 15 is 0 Å². The largest absolute Gasteiger partial charge is 0.493 e. The van der Waals surface area contributed by atoms with Crippen molar-refractivity contribution in [2.45, 2.75) is 13.0 Å². The standard InChI is InChI=1S/C21H25N3O3/c1-26-19-8-7-15(11-20(19)27-2)12-22-14-21(25)23-10-9-16-13-24-18-6-4-3-5-17(16)18/h3-8,11,13,22,24H,9-10,12,14H2,1-2H3,(H,23,25). The summed E-state index contributed by atoms with van der Waals surface area (Å²) in [4.78, 5) is 15.3. The Balaban J connectivity index is 1.41. The van der Waals surface area contributed by atoms with Gasteiger partial charge in [-0.25, -0.2) is 0 Å². The number of aromatic amines is 1. The van der Waals surface area contributed by atoms with Crippen LogP contribution in [0, 0.1) is 0 Å². The third kappa shape index (κ3) is 4.80. The average Bonchev–Trinajstić information content (AvgIpc) is 3.11. The van der Waals surface area contributed by atoms with E-state index in [4.69, 9.17) is 9.47 Å². The Kier molecular flexibility index (Phi) is 6.33. The van der Waals surface area contributed by atoms with Crippen LogP contribution < -0.4 is 20.1 Å². The number of rotatable bonds is 9. The molecule has 0 radical (unpaired) electrons. The van der Waals surface area contributed by atoms with Crippen LogP contribution in [0.5, 0.6) is 11.5 Å². The lowest BCUT2D eigenvalue weighted by Gasteiger charge is -2.10.